The molecule has 152 valence electrons. The largest absolute Gasteiger partial charge is 0.394 e. The molecule has 4 atom stereocenters. The van der Waals surface area contributed by atoms with Crippen molar-refractivity contribution in [2.24, 2.45) is 10.8 Å². The first-order valence-electron chi connectivity index (χ1n) is 8.89. The molecule has 0 saturated carbocycles. The molecule has 0 spiro atoms. The van der Waals surface area contributed by atoms with Crippen molar-refractivity contribution in [2.45, 2.75) is 65.6 Å². The number of carbonyl (C=O) groups is 1. The van der Waals surface area contributed by atoms with E-state index in [9.17, 15) is 19.8 Å². The molecule has 9 heteroatoms. The normalized spacial score (nSPS) is 26.2. The first kappa shape index (κ1) is 21.5. The van der Waals surface area contributed by atoms with Crippen molar-refractivity contribution in [2.75, 3.05) is 11.9 Å². The van der Waals surface area contributed by atoms with Gasteiger partial charge in [0.05, 0.1) is 6.61 Å². The number of ether oxygens (including phenoxy) is 1. The number of nitrogens with zero attached hydrogens (tertiary/aromatic N) is 2. The average Bonchev–Trinajstić information content (AvgIpc) is 2.81. The Bertz CT molecular complexity index is 739. The number of rotatable bonds is 5. The Morgan fingerprint density at radius 2 is 1.89 bits per heavy atom. The van der Waals surface area contributed by atoms with Crippen molar-refractivity contribution >= 4 is 11.7 Å². The minimum absolute atomic E-state index is 0.0439. The summed E-state index contributed by atoms with van der Waals surface area (Å²) in [5, 5.41) is 31.6. The van der Waals surface area contributed by atoms with Crippen LogP contribution in [0.1, 0.15) is 47.3 Å². The van der Waals surface area contributed by atoms with Crippen LogP contribution < -0.4 is 11.0 Å². The SMILES string of the molecule is CC(C)(C)CC(C)(C)C(=O)Nc1ccn([C@@H]2O[C@H](CO)[C@@H](O)[C@@H]2O)c(=O)n1. The molecule has 0 bridgehead atoms. The Morgan fingerprint density at radius 3 is 2.37 bits per heavy atom. The lowest BCUT2D eigenvalue weighted by Crippen LogP contribution is -2.37. The molecule has 1 aromatic heterocycles. The monoisotopic (exact) mass is 383 g/mol. The van der Waals surface area contributed by atoms with Gasteiger partial charge >= 0.3 is 5.69 Å². The van der Waals surface area contributed by atoms with Gasteiger partial charge in [-0.15, -0.1) is 0 Å². The van der Waals surface area contributed by atoms with E-state index in [0.29, 0.717) is 6.42 Å². The van der Waals surface area contributed by atoms with Crippen molar-refractivity contribution in [3.63, 3.8) is 0 Å². The van der Waals surface area contributed by atoms with Crippen molar-refractivity contribution in [3.8, 4) is 0 Å². The highest BCUT2D eigenvalue weighted by Gasteiger charge is 2.43. The first-order valence-corrected chi connectivity index (χ1v) is 8.89. The Morgan fingerprint density at radius 1 is 1.26 bits per heavy atom. The van der Waals surface area contributed by atoms with Crippen LogP contribution in [0.3, 0.4) is 0 Å². The van der Waals surface area contributed by atoms with Crippen LogP contribution in [0.2, 0.25) is 0 Å². The summed E-state index contributed by atoms with van der Waals surface area (Å²) in [5.41, 5.74) is -1.45. The molecule has 2 heterocycles. The van der Waals surface area contributed by atoms with Gasteiger partial charge in [0.1, 0.15) is 24.1 Å². The van der Waals surface area contributed by atoms with Crippen molar-refractivity contribution in [1.29, 1.82) is 0 Å². The molecule has 1 saturated heterocycles. The quantitative estimate of drug-likeness (QED) is 0.573. The number of aliphatic hydroxyl groups excluding tert-OH is 3. The van der Waals surface area contributed by atoms with Crippen molar-refractivity contribution < 1.29 is 24.9 Å². The zero-order chi connectivity index (χ0) is 20.6. The van der Waals surface area contributed by atoms with Crippen LogP contribution in [-0.4, -0.2) is 55.7 Å². The third-order valence-corrected chi connectivity index (χ3v) is 4.45. The molecule has 2 rings (SSSR count). The Balaban J connectivity index is 2.16. The number of aromatic nitrogens is 2. The molecule has 1 aromatic rings. The lowest BCUT2D eigenvalue weighted by Gasteiger charge is -2.31. The summed E-state index contributed by atoms with van der Waals surface area (Å²) in [6.45, 7) is 9.29. The van der Waals surface area contributed by atoms with Gasteiger partial charge in [-0.1, -0.05) is 34.6 Å². The lowest BCUT2D eigenvalue weighted by atomic mass is 9.76. The van der Waals surface area contributed by atoms with Crippen LogP contribution in [0.4, 0.5) is 5.82 Å². The summed E-state index contributed by atoms with van der Waals surface area (Å²) in [6.07, 6.45) is -2.89. The Labute approximate surface area is 158 Å². The van der Waals surface area contributed by atoms with Gasteiger partial charge in [-0.05, 0) is 17.9 Å². The molecule has 1 aliphatic heterocycles. The molecule has 0 aliphatic carbocycles. The van der Waals surface area contributed by atoms with Gasteiger partial charge in [-0.3, -0.25) is 9.36 Å². The highest BCUT2D eigenvalue weighted by molar-refractivity contribution is 5.93. The van der Waals surface area contributed by atoms with E-state index in [-0.39, 0.29) is 17.1 Å². The summed E-state index contributed by atoms with van der Waals surface area (Å²) in [5.74, 6) is -0.162. The summed E-state index contributed by atoms with van der Waals surface area (Å²) < 4.78 is 6.33. The molecule has 4 N–H and O–H groups in total. The molecular weight excluding hydrogens is 354 g/mol. The summed E-state index contributed by atoms with van der Waals surface area (Å²) in [7, 11) is 0. The van der Waals surface area contributed by atoms with Crippen LogP contribution in [0.25, 0.3) is 0 Å². The fraction of sp³-hybridized carbons (Fsp3) is 0.722. The van der Waals surface area contributed by atoms with Crippen LogP contribution in [0.5, 0.6) is 0 Å². The molecule has 0 radical (unpaired) electrons. The number of anilines is 1. The van der Waals surface area contributed by atoms with E-state index < -0.39 is 42.3 Å². The molecule has 1 aliphatic rings. The fourth-order valence-corrected chi connectivity index (χ4v) is 3.48. The highest BCUT2D eigenvalue weighted by Crippen LogP contribution is 2.34. The maximum Gasteiger partial charge on any atom is 0.351 e. The zero-order valence-corrected chi connectivity index (χ0v) is 16.3. The van der Waals surface area contributed by atoms with Gasteiger partial charge in [0, 0.05) is 11.6 Å². The second-order valence-electron chi connectivity index (χ2n) is 8.81. The van der Waals surface area contributed by atoms with Gasteiger partial charge in [-0.25, -0.2) is 4.79 Å². The predicted molar refractivity (Wildman–Crippen MR) is 98.0 cm³/mol. The maximum absolute atomic E-state index is 12.6. The van der Waals surface area contributed by atoms with E-state index >= 15 is 0 Å². The number of carbonyl (C=O) groups excluding carboxylic acids is 1. The predicted octanol–water partition coefficient (Wildman–Crippen LogP) is 0.256. The Kier molecular flexibility index (Phi) is 6.10. The van der Waals surface area contributed by atoms with E-state index in [2.05, 4.69) is 10.3 Å². The topological polar surface area (TPSA) is 134 Å². The third kappa shape index (κ3) is 4.92. The van der Waals surface area contributed by atoms with Crippen LogP contribution >= 0.6 is 0 Å². The molecule has 9 nitrogen and oxygen atoms in total. The number of amides is 1. The van der Waals surface area contributed by atoms with Crippen LogP contribution in [-0.2, 0) is 9.53 Å². The van der Waals surface area contributed by atoms with E-state index in [1.807, 2.05) is 34.6 Å². The summed E-state index contributed by atoms with van der Waals surface area (Å²) >= 11 is 0. The van der Waals surface area contributed by atoms with Crippen LogP contribution in [0, 0.1) is 10.8 Å². The van der Waals surface area contributed by atoms with Gasteiger partial charge in [-0.2, -0.15) is 4.98 Å². The minimum Gasteiger partial charge on any atom is -0.394 e. The number of hydrogen-bond acceptors (Lipinski definition) is 7. The number of hydrogen-bond donors (Lipinski definition) is 4. The highest BCUT2D eigenvalue weighted by atomic mass is 16.6. The average molecular weight is 383 g/mol. The minimum atomic E-state index is -1.38. The standard InChI is InChI=1S/C18H29N3O6/c1-17(2,3)9-18(4,5)15(25)19-11-6-7-21(16(26)20-11)14-13(24)12(23)10(8-22)27-14/h6-7,10,12-14,22-24H,8-9H2,1-5H3,(H,19,20,25,26)/t10-,12-,13+,14-/m1/s1. The second kappa shape index (κ2) is 7.67. The fourth-order valence-electron chi connectivity index (χ4n) is 3.48. The van der Waals surface area contributed by atoms with Gasteiger partial charge in [0.25, 0.3) is 0 Å². The van der Waals surface area contributed by atoms with Gasteiger partial charge in [0.2, 0.25) is 5.91 Å². The summed E-state index contributed by atoms with van der Waals surface area (Å²) in [4.78, 5) is 28.7. The first-order chi connectivity index (χ1) is 12.4. The van der Waals surface area contributed by atoms with E-state index in [4.69, 9.17) is 9.84 Å². The van der Waals surface area contributed by atoms with Crippen molar-refractivity contribution in [1.82, 2.24) is 9.55 Å². The van der Waals surface area contributed by atoms with E-state index in [0.717, 1.165) is 4.57 Å². The molecule has 0 aromatic carbocycles. The number of nitrogens with one attached hydrogen (secondary N) is 1. The molecule has 27 heavy (non-hydrogen) atoms. The number of aliphatic hydroxyl groups is 3. The van der Waals surface area contributed by atoms with Gasteiger partial charge < -0.3 is 25.4 Å². The zero-order valence-electron chi connectivity index (χ0n) is 16.3. The lowest BCUT2D eigenvalue weighted by molar-refractivity contribution is -0.125. The summed E-state index contributed by atoms with van der Waals surface area (Å²) in [6, 6.07) is 1.42. The molecule has 1 amide bonds. The molecule has 0 unspecified atom stereocenters. The Hall–Kier alpha value is -1.81. The van der Waals surface area contributed by atoms with E-state index in [1.54, 1.807) is 0 Å². The van der Waals surface area contributed by atoms with Crippen molar-refractivity contribution in [3.05, 3.63) is 22.7 Å². The smallest absolute Gasteiger partial charge is 0.351 e. The second-order valence-corrected chi connectivity index (χ2v) is 8.81. The maximum atomic E-state index is 12.6. The third-order valence-electron chi connectivity index (χ3n) is 4.45. The molecular formula is C18H29N3O6. The molecule has 1 fully saturated rings. The van der Waals surface area contributed by atoms with E-state index in [1.165, 1.54) is 12.3 Å². The van der Waals surface area contributed by atoms with Crippen LogP contribution in [0.15, 0.2) is 17.1 Å². The van der Waals surface area contributed by atoms with Gasteiger partial charge in [0.15, 0.2) is 6.23 Å².